The van der Waals surface area contributed by atoms with Gasteiger partial charge in [-0.3, -0.25) is 14.7 Å². The molecule has 2 aliphatic heterocycles. The maximum atomic E-state index is 12.9. The fourth-order valence-electron chi connectivity index (χ4n) is 3.78. The number of hydrogen-bond donors (Lipinski definition) is 3. The smallest absolute Gasteiger partial charge is 0.475 e. The van der Waals surface area contributed by atoms with Crippen molar-refractivity contribution >= 4 is 17.8 Å². The summed E-state index contributed by atoms with van der Waals surface area (Å²) < 4.78 is 74.3. The summed E-state index contributed by atoms with van der Waals surface area (Å²) in [4.78, 5) is 37.1. The lowest BCUT2D eigenvalue weighted by atomic mass is 9.80. The van der Waals surface area contributed by atoms with E-state index >= 15 is 0 Å². The van der Waals surface area contributed by atoms with Crippen molar-refractivity contribution in [2.45, 2.75) is 25.4 Å². The van der Waals surface area contributed by atoms with Gasteiger partial charge in [-0.25, -0.2) is 9.59 Å². The molecule has 38 heavy (non-hydrogen) atoms. The lowest BCUT2D eigenvalue weighted by Gasteiger charge is -2.26. The molecule has 3 N–H and O–H groups in total. The van der Waals surface area contributed by atoms with Gasteiger partial charge >= 0.3 is 24.3 Å². The first-order valence-electron chi connectivity index (χ1n) is 10.7. The third kappa shape index (κ3) is 8.72. The Morgan fingerprint density at radius 2 is 1.71 bits per heavy atom. The monoisotopic (exact) mass is 555 g/mol. The number of carbonyl (C=O) groups is 3. The first-order chi connectivity index (χ1) is 17.6. The molecule has 4 rings (SSSR count). The number of furan rings is 1. The van der Waals surface area contributed by atoms with Crippen LogP contribution in [0.5, 0.6) is 0 Å². The molecule has 210 valence electrons. The largest absolute Gasteiger partial charge is 0.490 e. The zero-order valence-corrected chi connectivity index (χ0v) is 19.5. The molecule has 2 aromatic heterocycles. The first kappa shape index (κ1) is 30.6. The van der Waals surface area contributed by atoms with E-state index in [1.807, 2.05) is 18.2 Å². The number of ether oxygens (including phenoxy) is 1. The number of alkyl halides is 6. The van der Waals surface area contributed by atoms with E-state index < -0.39 is 29.7 Å². The third-order valence-corrected chi connectivity index (χ3v) is 5.54. The van der Waals surface area contributed by atoms with E-state index in [9.17, 15) is 31.1 Å². The number of rotatable bonds is 5. The molecule has 10 nitrogen and oxygen atoms in total. The molecule has 2 fully saturated rings. The summed E-state index contributed by atoms with van der Waals surface area (Å²) in [5.74, 6) is -5.18. The highest BCUT2D eigenvalue weighted by atomic mass is 19.4. The van der Waals surface area contributed by atoms with E-state index in [1.165, 1.54) is 0 Å². The molecule has 2 aliphatic rings. The van der Waals surface area contributed by atoms with Crippen LogP contribution in [-0.2, 0) is 32.2 Å². The molecule has 2 saturated heterocycles. The van der Waals surface area contributed by atoms with Crippen LogP contribution in [0.3, 0.4) is 0 Å². The Morgan fingerprint density at radius 1 is 1.08 bits per heavy atom. The standard InChI is InChI=1S/C18H21N3O3.2C2HF3O2/c22-17(20-7-14-2-1-4-19-6-14)18-12-21(8-15-3-5-23-10-15)9-16(18)11-24-13-18;2*3-2(4,5)1(6)7/h1-6,10,16H,7-9,11-13H2,(H,20,22);2*(H,6,7)/t16-,18-;;/m1../s1. The normalized spacial score (nSPS) is 20.8. The molecule has 0 spiro atoms. The Hall–Kier alpha value is -3.66. The number of carboxylic acid groups (broad SMARTS) is 2. The number of halogens is 6. The van der Waals surface area contributed by atoms with Crippen LogP contribution in [0.15, 0.2) is 47.5 Å². The molecular formula is C22H23F6N3O7. The number of carboxylic acids is 2. The number of fused-ring (bicyclic) bond motifs is 1. The minimum atomic E-state index is -5.08. The molecule has 0 aromatic carbocycles. The summed E-state index contributed by atoms with van der Waals surface area (Å²) in [6.45, 7) is 4.07. The SMILES string of the molecule is O=C(NCc1cccnc1)[C@]12COC[C@H]1CN(Cc1ccoc1)C2.O=C(O)C(F)(F)F.O=C(O)C(F)(F)F. The van der Waals surface area contributed by atoms with Crippen LogP contribution in [0.4, 0.5) is 26.3 Å². The van der Waals surface area contributed by atoms with Crippen molar-refractivity contribution in [1.29, 1.82) is 0 Å². The lowest BCUT2D eigenvalue weighted by Crippen LogP contribution is -2.46. The maximum absolute atomic E-state index is 12.9. The average Bonchev–Trinajstić information content (AvgIpc) is 3.55. The molecule has 0 bridgehead atoms. The zero-order chi connectivity index (χ0) is 28.6. The molecule has 0 saturated carbocycles. The van der Waals surface area contributed by atoms with E-state index in [4.69, 9.17) is 29.0 Å². The molecule has 0 aliphatic carbocycles. The molecule has 4 heterocycles. The van der Waals surface area contributed by atoms with Gasteiger partial charge in [0, 0.05) is 50.1 Å². The predicted molar refractivity (Wildman–Crippen MR) is 114 cm³/mol. The highest BCUT2D eigenvalue weighted by Gasteiger charge is 2.55. The number of amides is 1. The van der Waals surface area contributed by atoms with Crippen LogP contribution in [0.25, 0.3) is 0 Å². The predicted octanol–water partition coefficient (Wildman–Crippen LogP) is 2.71. The number of aliphatic carboxylic acids is 2. The second kappa shape index (κ2) is 12.7. The summed E-state index contributed by atoms with van der Waals surface area (Å²) in [6.07, 6.45) is -3.21. The highest BCUT2D eigenvalue weighted by molar-refractivity contribution is 5.84. The van der Waals surface area contributed by atoms with E-state index in [-0.39, 0.29) is 11.8 Å². The van der Waals surface area contributed by atoms with Gasteiger partial charge in [0.25, 0.3) is 0 Å². The van der Waals surface area contributed by atoms with Gasteiger partial charge in [-0.15, -0.1) is 0 Å². The van der Waals surface area contributed by atoms with E-state index in [0.717, 1.165) is 30.8 Å². The molecule has 1 amide bonds. The van der Waals surface area contributed by atoms with Crippen molar-refractivity contribution in [2.24, 2.45) is 11.3 Å². The number of hydrogen-bond acceptors (Lipinski definition) is 7. The number of pyridine rings is 1. The Labute approximate surface area is 211 Å². The number of likely N-dealkylation sites (tertiary alicyclic amines) is 1. The van der Waals surface area contributed by atoms with E-state index in [0.29, 0.717) is 19.8 Å². The number of carbonyl (C=O) groups excluding carboxylic acids is 1. The number of nitrogens with zero attached hydrogens (tertiary/aromatic N) is 2. The van der Waals surface area contributed by atoms with E-state index in [1.54, 1.807) is 24.9 Å². The quantitative estimate of drug-likeness (QED) is 0.475. The van der Waals surface area contributed by atoms with Gasteiger partial charge in [0.15, 0.2) is 0 Å². The first-order valence-corrected chi connectivity index (χ1v) is 10.7. The van der Waals surface area contributed by atoms with Crippen LogP contribution >= 0.6 is 0 Å². The summed E-state index contributed by atoms with van der Waals surface area (Å²) in [5.41, 5.74) is 1.71. The number of aromatic nitrogens is 1. The second-order valence-corrected chi connectivity index (χ2v) is 8.32. The van der Waals surface area contributed by atoms with Crippen molar-refractivity contribution in [3.63, 3.8) is 0 Å². The van der Waals surface area contributed by atoms with Gasteiger partial charge in [0.1, 0.15) is 0 Å². The van der Waals surface area contributed by atoms with Gasteiger partial charge in [0.2, 0.25) is 5.91 Å². The molecule has 2 aromatic rings. The molecule has 2 atom stereocenters. The van der Waals surface area contributed by atoms with E-state index in [2.05, 4.69) is 15.2 Å². The van der Waals surface area contributed by atoms with Crippen LogP contribution in [0, 0.1) is 11.3 Å². The fourth-order valence-corrected chi connectivity index (χ4v) is 3.78. The molecule has 16 heteroatoms. The van der Waals surface area contributed by atoms with Crippen LogP contribution in [-0.4, -0.2) is 76.6 Å². The second-order valence-electron chi connectivity index (χ2n) is 8.32. The Kier molecular flexibility index (Phi) is 10.2. The third-order valence-electron chi connectivity index (χ3n) is 5.54. The average molecular weight is 555 g/mol. The molecular weight excluding hydrogens is 532 g/mol. The summed E-state index contributed by atoms with van der Waals surface area (Å²) in [5, 5.41) is 17.3. The Morgan fingerprint density at radius 3 is 2.21 bits per heavy atom. The lowest BCUT2D eigenvalue weighted by molar-refractivity contribution is -0.193. The highest BCUT2D eigenvalue weighted by Crippen LogP contribution is 2.42. The minimum absolute atomic E-state index is 0.0866. The number of nitrogens with one attached hydrogen (secondary N) is 1. The fraction of sp³-hybridized carbons (Fsp3) is 0.455. The molecule has 0 unspecified atom stereocenters. The van der Waals surface area contributed by atoms with Crippen molar-refractivity contribution in [3.05, 3.63) is 54.2 Å². The van der Waals surface area contributed by atoms with Crippen molar-refractivity contribution in [3.8, 4) is 0 Å². The van der Waals surface area contributed by atoms with Crippen molar-refractivity contribution < 1.29 is 60.1 Å². The maximum Gasteiger partial charge on any atom is 0.490 e. The van der Waals surface area contributed by atoms with Crippen LogP contribution in [0.1, 0.15) is 11.1 Å². The van der Waals surface area contributed by atoms with Gasteiger partial charge < -0.3 is 24.7 Å². The van der Waals surface area contributed by atoms with Gasteiger partial charge in [0.05, 0.1) is 31.2 Å². The Balaban J connectivity index is 0.000000301. The van der Waals surface area contributed by atoms with Crippen LogP contribution in [0.2, 0.25) is 0 Å². The van der Waals surface area contributed by atoms with Gasteiger partial charge in [-0.05, 0) is 17.7 Å². The minimum Gasteiger partial charge on any atom is -0.475 e. The summed E-state index contributed by atoms with van der Waals surface area (Å²) in [7, 11) is 0. The Bertz CT molecular complexity index is 1040. The topological polar surface area (TPSA) is 142 Å². The van der Waals surface area contributed by atoms with Crippen molar-refractivity contribution in [1.82, 2.24) is 15.2 Å². The summed E-state index contributed by atoms with van der Waals surface area (Å²) >= 11 is 0. The zero-order valence-electron chi connectivity index (χ0n) is 19.5. The molecule has 0 radical (unpaired) electrons. The van der Waals surface area contributed by atoms with Crippen LogP contribution < -0.4 is 5.32 Å². The van der Waals surface area contributed by atoms with Crippen molar-refractivity contribution in [2.75, 3.05) is 26.3 Å². The van der Waals surface area contributed by atoms with Gasteiger partial charge in [-0.1, -0.05) is 6.07 Å². The summed E-state index contributed by atoms with van der Waals surface area (Å²) in [6, 6.07) is 5.82. The van der Waals surface area contributed by atoms with Gasteiger partial charge in [-0.2, -0.15) is 26.3 Å².